The van der Waals surface area contributed by atoms with Gasteiger partial charge in [-0.3, -0.25) is 9.80 Å². The fourth-order valence-corrected chi connectivity index (χ4v) is 7.04. The number of benzene rings is 1. The third-order valence-corrected chi connectivity index (χ3v) is 8.55. The zero-order valence-electron chi connectivity index (χ0n) is 17.9. The van der Waals surface area contributed by atoms with Crippen LogP contribution in [0.3, 0.4) is 0 Å². The first-order valence-electron chi connectivity index (χ1n) is 11.8. The number of fused-ring (bicyclic) bond motifs is 3. The molecule has 5 heteroatoms. The van der Waals surface area contributed by atoms with Crippen LogP contribution in [0.25, 0.3) is 0 Å². The third-order valence-electron chi connectivity index (χ3n) is 8.55. The van der Waals surface area contributed by atoms with Gasteiger partial charge in [0.05, 0.1) is 0 Å². The molecule has 0 amide bonds. The summed E-state index contributed by atoms with van der Waals surface area (Å²) < 4.78 is 11.3. The maximum absolute atomic E-state index is 5.72. The minimum Gasteiger partial charge on any atom is -0.454 e. The largest absolute Gasteiger partial charge is 0.454 e. The van der Waals surface area contributed by atoms with Crippen LogP contribution in [0.15, 0.2) is 18.2 Å². The van der Waals surface area contributed by atoms with Gasteiger partial charge >= 0.3 is 0 Å². The minimum absolute atomic E-state index is 0.365. The maximum atomic E-state index is 5.72. The van der Waals surface area contributed by atoms with Crippen LogP contribution in [0.5, 0.6) is 11.5 Å². The number of piperidine rings is 4. The first-order chi connectivity index (χ1) is 14.2. The molecule has 0 radical (unpaired) electrons. The fourth-order valence-electron chi connectivity index (χ4n) is 7.04. The molecule has 0 saturated carbocycles. The standard InChI is InChI=1S/C24H35N3O2/c1-16(2)25-11-7-19(8-12-25)27-14-20(18-3-4-21-22(13-18)29-15-28-21)24-23(27)17-5-9-26(24)10-6-17/h3-4,13,16-17,19-20,23-24H,5-12,14-15H2,1-2H3/t20-,23+,24+/m1/s1. The predicted molar refractivity (Wildman–Crippen MR) is 114 cm³/mol. The van der Waals surface area contributed by atoms with E-state index in [0.717, 1.165) is 29.5 Å². The molecular weight excluding hydrogens is 362 g/mol. The molecule has 0 spiro atoms. The van der Waals surface area contributed by atoms with Crippen molar-refractivity contribution in [1.82, 2.24) is 14.7 Å². The van der Waals surface area contributed by atoms with Crippen molar-refractivity contribution in [3.05, 3.63) is 23.8 Å². The average Bonchev–Trinajstić information content (AvgIpc) is 3.40. The fraction of sp³-hybridized carbons (Fsp3) is 0.750. The molecule has 158 valence electrons. The van der Waals surface area contributed by atoms with E-state index in [1.54, 1.807) is 0 Å². The van der Waals surface area contributed by atoms with Crippen molar-refractivity contribution in [2.45, 2.75) is 69.6 Å². The van der Waals surface area contributed by atoms with Crippen LogP contribution in [-0.2, 0) is 0 Å². The molecule has 1 aromatic rings. The molecule has 29 heavy (non-hydrogen) atoms. The Bertz CT molecular complexity index is 752. The number of likely N-dealkylation sites (tertiary alicyclic amines) is 2. The molecule has 0 N–H and O–H groups in total. The van der Waals surface area contributed by atoms with Gasteiger partial charge in [0.1, 0.15) is 0 Å². The topological polar surface area (TPSA) is 28.2 Å². The van der Waals surface area contributed by atoms with Gasteiger partial charge in [-0.25, -0.2) is 0 Å². The van der Waals surface area contributed by atoms with Gasteiger partial charge in [0, 0.05) is 36.6 Å². The van der Waals surface area contributed by atoms with E-state index in [0.29, 0.717) is 24.8 Å². The molecule has 5 nitrogen and oxygen atoms in total. The molecule has 5 fully saturated rings. The van der Waals surface area contributed by atoms with Gasteiger partial charge in [-0.1, -0.05) is 6.07 Å². The van der Waals surface area contributed by atoms with Gasteiger partial charge in [-0.05, 0) is 89.3 Å². The molecule has 6 aliphatic heterocycles. The molecule has 6 aliphatic rings. The molecule has 7 rings (SSSR count). The van der Waals surface area contributed by atoms with Crippen molar-refractivity contribution >= 4 is 0 Å². The number of ether oxygens (including phenoxy) is 2. The zero-order valence-corrected chi connectivity index (χ0v) is 17.9. The van der Waals surface area contributed by atoms with Crippen LogP contribution >= 0.6 is 0 Å². The lowest BCUT2D eigenvalue weighted by Crippen LogP contribution is -2.62. The number of hydrogen-bond donors (Lipinski definition) is 0. The summed E-state index contributed by atoms with van der Waals surface area (Å²) in [5.41, 5.74) is 1.46. The van der Waals surface area contributed by atoms with Gasteiger partial charge in [-0.2, -0.15) is 0 Å². The van der Waals surface area contributed by atoms with Crippen LogP contribution in [0.4, 0.5) is 0 Å². The number of rotatable bonds is 3. The van der Waals surface area contributed by atoms with E-state index in [9.17, 15) is 0 Å². The second kappa shape index (κ2) is 7.14. The molecule has 3 atom stereocenters. The van der Waals surface area contributed by atoms with Crippen molar-refractivity contribution in [3.8, 4) is 11.5 Å². The zero-order chi connectivity index (χ0) is 19.5. The Kier molecular flexibility index (Phi) is 4.55. The SMILES string of the molecule is CC(C)N1CCC(N2C[C@H](c3ccc4c(c3)OCO4)[C@H]3[C@@H]2C2CCN3CC2)CC1. The Labute approximate surface area is 174 Å². The highest BCUT2D eigenvalue weighted by Gasteiger charge is 2.54. The maximum Gasteiger partial charge on any atom is 0.231 e. The molecule has 5 saturated heterocycles. The van der Waals surface area contributed by atoms with Gasteiger partial charge < -0.3 is 14.4 Å². The number of nitrogens with zero attached hydrogens (tertiary/aromatic N) is 3. The van der Waals surface area contributed by atoms with Crippen molar-refractivity contribution in [3.63, 3.8) is 0 Å². The summed E-state index contributed by atoms with van der Waals surface area (Å²) >= 11 is 0. The Morgan fingerprint density at radius 2 is 1.66 bits per heavy atom. The van der Waals surface area contributed by atoms with E-state index in [1.807, 2.05) is 0 Å². The summed E-state index contributed by atoms with van der Waals surface area (Å²) in [6.45, 7) is 11.4. The van der Waals surface area contributed by atoms with Crippen molar-refractivity contribution in [1.29, 1.82) is 0 Å². The highest BCUT2D eigenvalue weighted by atomic mass is 16.7. The lowest BCUT2D eigenvalue weighted by Gasteiger charge is -2.53. The van der Waals surface area contributed by atoms with Gasteiger partial charge in [0.2, 0.25) is 6.79 Å². The van der Waals surface area contributed by atoms with E-state index in [2.05, 4.69) is 46.7 Å². The van der Waals surface area contributed by atoms with Gasteiger partial charge in [0.25, 0.3) is 0 Å². The molecular formula is C24H35N3O2. The summed E-state index contributed by atoms with van der Waals surface area (Å²) in [7, 11) is 0. The molecule has 0 aliphatic carbocycles. The monoisotopic (exact) mass is 397 g/mol. The van der Waals surface area contributed by atoms with Crippen LogP contribution in [0.1, 0.15) is 51.0 Å². The Balaban J connectivity index is 1.29. The van der Waals surface area contributed by atoms with Crippen LogP contribution < -0.4 is 9.47 Å². The first kappa shape index (κ1) is 18.5. The second-order valence-corrected chi connectivity index (χ2v) is 10.1. The van der Waals surface area contributed by atoms with Crippen LogP contribution in [-0.4, -0.2) is 78.4 Å². The summed E-state index contributed by atoms with van der Waals surface area (Å²) in [4.78, 5) is 8.45. The van der Waals surface area contributed by atoms with Gasteiger partial charge in [-0.15, -0.1) is 0 Å². The van der Waals surface area contributed by atoms with Crippen molar-refractivity contribution in [2.24, 2.45) is 5.92 Å². The quantitative estimate of drug-likeness (QED) is 0.781. The average molecular weight is 398 g/mol. The summed E-state index contributed by atoms with van der Waals surface area (Å²) in [5, 5.41) is 0. The Morgan fingerprint density at radius 1 is 0.897 bits per heavy atom. The first-order valence-corrected chi connectivity index (χ1v) is 11.8. The molecule has 0 aromatic heterocycles. The predicted octanol–water partition coefficient (Wildman–Crippen LogP) is 3.15. The summed E-state index contributed by atoms with van der Waals surface area (Å²) in [5.74, 6) is 3.35. The smallest absolute Gasteiger partial charge is 0.231 e. The van der Waals surface area contributed by atoms with Crippen LogP contribution in [0, 0.1) is 5.92 Å². The lowest BCUT2D eigenvalue weighted by atomic mass is 9.75. The Hall–Kier alpha value is -1.30. The molecule has 2 bridgehead atoms. The molecule has 6 heterocycles. The highest BCUT2D eigenvalue weighted by Crippen LogP contribution is 2.49. The van der Waals surface area contributed by atoms with E-state index in [4.69, 9.17) is 9.47 Å². The molecule has 1 aromatic carbocycles. The number of hydrogen-bond acceptors (Lipinski definition) is 5. The third kappa shape index (κ3) is 3.00. The van der Waals surface area contributed by atoms with E-state index in [-0.39, 0.29) is 0 Å². The molecule has 0 unspecified atom stereocenters. The van der Waals surface area contributed by atoms with Crippen molar-refractivity contribution in [2.75, 3.05) is 39.5 Å². The minimum atomic E-state index is 0.365. The van der Waals surface area contributed by atoms with Crippen molar-refractivity contribution < 1.29 is 9.47 Å². The van der Waals surface area contributed by atoms with E-state index in [1.165, 1.54) is 64.0 Å². The summed E-state index contributed by atoms with van der Waals surface area (Å²) in [6.07, 6.45) is 5.47. The highest BCUT2D eigenvalue weighted by molar-refractivity contribution is 5.46. The second-order valence-electron chi connectivity index (χ2n) is 10.1. The Morgan fingerprint density at radius 3 is 2.41 bits per heavy atom. The van der Waals surface area contributed by atoms with Gasteiger partial charge in [0.15, 0.2) is 11.5 Å². The van der Waals surface area contributed by atoms with Crippen LogP contribution in [0.2, 0.25) is 0 Å². The van der Waals surface area contributed by atoms with E-state index >= 15 is 0 Å². The van der Waals surface area contributed by atoms with E-state index < -0.39 is 0 Å². The lowest BCUT2D eigenvalue weighted by molar-refractivity contribution is -0.0285. The normalized spacial score (nSPS) is 37.4. The summed E-state index contributed by atoms with van der Waals surface area (Å²) in [6, 6.07) is 9.60.